The van der Waals surface area contributed by atoms with Crippen LogP contribution >= 0.6 is 0 Å². The van der Waals surface area contributed by atoms with E-state index in [0.29, 0.717) is 5.75 Å². The van der Waals surface area contributed by atoms with E-state index < -0.39 is 46.9 Å². The topological polar surface area (TPSA) is 59.1 Å². The number of amides is 2. The largest absolute Gasteiger partial charge is 0.497 e. The van der Waals surface area contributed by atoms with Crippen LogP contribution in [0.4, 0.5) is 13.2 Å². The smallest absolute Gasteiger partial charge is 0.257 e. The highest BCUT2D eigenvalue weighted by molar-refractivity contribution is 5.97. The van der Waals surface area contributed by atoms with E-state index in [0.717, 1.165) is 18.2 Å². The predicted molar refractivity (Wildman–Crippen MR) is 107 cm³/mol. The van der Waals surface area contributed by atoms with Crippen molar-refractivity contribution in [2.24, 2.45) is 0 Å². The lowest BCUT2D eigenvalue weighted by molar-refractivity contribution is 0.0249. The molecular weight excluding hydrogens is 413 g/mol. The number of benzene rings is 2. The summed E-state index contributed by atoms with van der Waals surface area (Å²) in [6, 6.07) is 4.57. The second-order valence-electron chi connectivity index (χ2n) is 7.43. The Morgan fingerprint density at radius 3 is 2.00 bits per heavy atom. The fourth-order valence-electron chi connectivity index (χ4n) is 3.84. The van der Waals surface area contributed by atoms with Crippen LogP contribution in [-0.2, 0) is 0 Å². The summed E-state index contributed by atoms with van der Waals surface area (Å²) in [5, 5.41) is 0. The molecule has 31 heavy (non-hydrogen) atoms. The molecule has 3 rings (SSSR count). The highest BCUT2D eigenvalue weighted by Gasteiger charge is 2.37. The van der Waals surface area contributed by atoms with Crippen molar-refractivity contribution in [3.63, 3.8) is 0 Å². The molecule has 6 nitrogen and oxygen atoms in total. The van der Waals surface area contributed by atoms with Gasteiger partial charge in [-0.2, -0.15) is 0 Å². The lowest BCUT2D eigenvalue weighted by atomic mass is 10.0. The molecule has 1 saturated heterocycles. The number of nitrogens with zero attached hydrogens (tertiary/aromatic N) is 2. The Balaban J connectivity index is 1.81. The zero-order chi connectivity index (χ0) is 22.9. The summed E-state index contributed by atoms with van der Waals surface area (Å²) in [5.74, 6) is -3.68. The first-order valence-electron chi connectivity index (χ1n) is 9.66. The van der Waals surface area contributed by atoms with Gasteiger partial charge in [-0.15, -0.1) is 0 Å². The number of piperazine rings is 1. The van der Waals surface area contributed by atoms with Crippen LogP contribution in [-0.4, -0.2) is 61.0 Å². The molecular formula is C22H23F3N2O4. The maximum Gasteiger partial charge on any atom is 0.257 e. The highest BCUT2D eigenvalue weighted by atomic mass is 19.1. The Labute approximate surface area is 178 Å². The number of ether oxygens (including phenoxy) is 2. The van der Waals surface area contributed by atoms with Crippen molar-refractivity contribution in [2.45, 2.75) is 25.9 Å². The second-order valence-corrected chi connectivity index (χ2v) is 7.43. The van der Waals surface area contributed by atoms with Gasteiger partial charge in [0.2, 0.25) is 0 Å². The molecule has 166 valence electrons. The number of halogens is 3. The van der Waals surface area contributed by atoms with Crippen LogP contribution in [0.15, 0.2) is 30.3 Å². The molecule has 0 aliphatic carbocycles. The minimum absolute atomic E-state index is 0.108. The SMILES string of the molecule is COc1ccc(C(=O)N2C[C@@H](C)N(C(=O)c3cc(F)c(OC)cc3F)[C@H](C)C2)c(F)c1. The third-order valence-electron chi connectivity index (χ3n) is 5.32. The maximum atomic E-state index is 14.4. The monoisotopic (exact) mass is 436 g/mol. The highest BCUT2D eigenvalue weighted by Crippen LogP contribution is 2.26. The molecule has 2 aromatic rings. The van der Waals surface area contributed by atoms with Crippen molar-refractivity contribution in [1.82, 2.24) is 9.80 Å². The van der Waals surface area contributed by atoms with Gasteiger partial charge in [-0.25, -0.2) is 13.2 Å². The zero-order valence-electron chi connectivity index (χ0n) is 17.6. The molecule has 9 heteroatoms. The van der Waals surface area contributed by atoms with E-state index in [4.69, 9.17) is 9.47 Å². The number of carbonyl (C=O) groups excluding carboxylic acids is 2. The lowest BCUT2D eigenvalue weighted by Gasteiger charge is -2.44. The van der Waals surface area contributed by atoms with Crippen molar-refractivity contribution in [3.05, 3.63) is 58.9 Å². The minimum atomic E-state index is -0.901. The third kappa shape index (κ3) is 4.30. The van der Waals surface area contributed by atoms with E-state index in [9.17, 15) is 22.8 Å². The van der Waals surface area contributed by atoms with Crippen molar-refractivity contribution in [1.29, 1.82) is 0 Å². The predicted octanol–water partition coefficient (Wildman–Crippen LogP) is 3.50. The number of carbonyl (C=O) groups is 2. The van der Waals surface area contributed by atoms with E-state index in [1.54, 1.807) is 13.8 Å². The first kappa shape index (κ1) is 22.5. The molecule has 0 N–H and O–H groups in total. The molecule has 0 unspecified atom stereocenters. The average Bonchev–Trinajstić information content (AvgIpc) is 2.73. The Morgan fingerprint density at radius 2 is 1.45 bits per heavy atom. The normalized spacial score (nSPS) is 18.7. The Bertz CT molecular complexity index is 1000. The molecule has 0 saturated carbocycles. The van der Waals surface area contributed by atoms with Crippen LogP contribution in [0.2, 0.25) is 0 Å². The molecule has 2 amide bonds. The van der Waals surface area contributed by atoms with Crippen molar-refractivity contribution >= 4 is 11.8 Å². The van der Waals surface area contributed by atoms with Gasteiger partial charge in [-0.05, 0) is 32.0 Å². The van der Waals surface area contributed by atoms with Crippen LogP contribution in [0, 0.1) is 17.5 Å². The van der Waals surface area contributed by atoms with E-state index in [1.165, 1.54) is 36.2 Å². The molecule has 1 aliphatic rings. The van der Waals surface area contributed by atoms with E-state index in [-0.39, 0.29) is 24.4 Å². The Morgan fingerprint density at radius 1 is 0.839 bits per heavy atom. The van der Waals surface area contributed by atoms with Crippen LogP contribution < -0.4 is 9.47 Å². The molecule has 0 aromatic heterocycles. The van der Waals surface area contributed by atoms with Gasteiger partial charge in [-0.3, -0.25) is 9.59 Å². The number of rotatable bonds is 4. The van der Waals surface area contributed by atoms with Gasteiger partial charge in [0.1, 0.15) is 17.4 Å². The molecule has 1 fully saturated rings. The molecule has 2 aromatic carbocycles. The standard InChI is InChI=1S/C22H23F3N2O4/c1-12-10-26(21(28)15-6-5-14(30-3)7-17(15)23)11-13(2)27(12)22(29)16-8-19(25)20(31-4)9-18(16)24/h5-9,12-13H,10-11H2,1-4H3/t12-,13-/m1/s1. The second kappa shape index (κ2) is 8.87. The number of methoxy groups -OCH3 is 2. The molecule has 0 bridgehead atoms. The summed E-state index contributed by atoms with van der Waals surface area (Å²) in [5.41, 5.74) is -0.527. The summed E-state index contributed by atoms with van der Waals surface area (Å²) < 4.78 is 52.4. The van der Waals surface area contributed by atoms with Crippen LogP contribution in [0.3, 0.4) is 0 Å². The van der Waals surface area contributed by atoms with Gasteiger partial charge >= 0.3 is 0 Å². The quantitative estimate of drug-likeness (QED) is 0.736. The van der Waals surface area contributed by atoms with Crippen LogP contribution in [0.5, 0.6) is 11.5 Å². The summed E-state index contributed by atoms with van der Waals surface area (Å²) in [6.07, 6.45) is 0. The Hall–Kier alpha value is -3.23. The van der Waals surface area contributed by atoms with Gasteiger partial charge in [0.05, 0.1) is 25.3 Å². The fourth-order valence-corrected chi connectivity index (χ4v) is 3.84. The zero-order valence-corrected chi connectivity index (χ0v) is 17.6. The van der Waals surface area contributed by atoms with E-state index >= 15 is 0 Å². The van der Waals surface area contributed by atoms with Gasteiger partial charge in [-0.1, -0.05) is 0 Å². The van der Waals surface area contributed by atoms with E-state index in [2.05, 4.69) is 0 Å². The molecule has 2 atom stereocenters. The first-order chi connectivity index (χ1) is 14.7. The maximum absolute atomic E-state index is 14.4. The summed E-state index contributed by atoms with van der Waals surface area (Å²) in [4.78, 5) is 28.7. The lowest BCUT2D eigenvalue weighted by Crippen LogP contribution is -2.60. The fraction of sp³-hybridized carbons (Fsp3) is 0.364. The van der Waals surface area contributed by atoms with Gasteiger partial charge in [0.15, 0.2) is 11.6 Å². The number of hydrogen-bond donors (Lipinski definition) is 0. The van der Waals surface area contributed by atoms with E-state index in [1.807, 2.05) is 0 Å². The summed E-state index contributed by atoms with van der Waals surface area (Å²) in [6.45, 7) is 3.60. The molecule has 0 spiro atoms. The van der Waals surface area contributed by atoms with Crippen molar-refractivity contribution in [3.8, 4) is 11.5 Å². The van der Waals surface area contributed by atoms with Crippen LogP contribution in [0.25, 0.3) is 0 Å². The van der Waals surface area contributed by atoms with Gasteiger partial charge in [0.25, 0.3) is 11.8 Å². The number of hydrogen-bond acceptors (Lipinski definition) is 4. The molecule has 1 aliphatic heterocycles. The Kier molecular flexibility index (Phi) is 6.42. The summed E-state index contributed by atoms with van der Waals surface area (Å²) in [7, 11) is 2.60. The molecule has 1 heterocycles. The van der Waals surface area contributed by atoms with Crippen LogP contribution in [0.1, 0.15) is 34.6 Å². The third-order valence-corrected chi connectivity index (χ3v) is 5.32. The average molecular weight is 436 g/mol. The van der Waals surface area contributed by atoms with Gasteiger partial charge < -0.3 is 19.3 Å². The molecule has 0 radical (unpaired) electrons. The summed E-state index contributed by atoms with van der Waals surface area (Å²) >= 11 is 0. The van der Waals surface area contributed by atoms with Crippen molar-refractivity contribution in [2.75, 3.05) is 27.3 Å². The van der Waals surface area contributed by atoms with Gasteiger partial charge in [0, 0.05) is 37.3 Å². The van der Waals surface area contributed by atoms with Crippen molar-refractivity contribution < 1.29 is 32.2 Å². The minimum Gasteiger partial charge on any atom is -0.497 e. The first-order valence-corrected chi connectivity index (χ1v) is 9.66.